The molecule has 4 nitrogen and oxygen atoms in total. The zero-order chi connectivity index (χ0) is 16.3. The molecule has 0 spiro atoms. The van der Waals surface area contributed by atoms with E-state index in [1.807, 2.05) is 38.3 Å². The summed E-state index contributed by atoms with van der Waals surface area (Å²) >= 11 is 1.40. The summed E-state index contributed by atoms with van der Waals surface area (Å²) in [7, 11) is 0. The third-order valence-corrected chi connectivity index (χ3v) is 4.19. The first-order valence-electron chi connectivity index (χ1n) is 6.97. The number of thiophene rings is 1. The lowest BCUT2D eigenvalue weighted by atomic mass is 9.99. The van der Waals surface area contributed by atoms with E-state index in [1.165, 1.54) is 11.3 Å². The summed E-state index contributed by atoms with van der Waals surface area (Å²) in [4.78, 5) is 24.2. The molecule has 1 heterocycles. The summed E-state index contributed by atoms with van der Waals surface area (Å²) in [5, 5.41) is 10.7. The van der Waals surface area contributed by atoms with Crippen molar-refractivity contribution >= 4 is 23.1 Å². The van der Waals surface area contributed by atoms with Crippen molar-refractivity contribution in [1.82, 2.24) is 0 Å². The summed E-state index contributed by atoms with van der Waals surface area (Å²) in [5.74, 6) is -0.632. The van der Waals surface area contributed by atoms with Gasteiger partial charge in [-0.3, -0.25) is 4.79 Å². The Hall–Kier alpha value is -2.14. The highest BCUT2D eigenvalue weighted by Gasteiger charge is 2.21. The van der Waals surface area contributed by atoms with Crippen molar-refractivity contribution in [2.24, 2.45) is 0 Å². The zero-order valence-corrected chi connectivity index (χ0v) is 13.6. The smallest absolute Gasteiger partial charge is 0.341 e. The number of ketones is 1. The summed E-state index contributed by atoms with van der Waals surface area (Å²) in [6.45, 7) is 5.48. The maximum atomic E-state index is 12.8. The summed E-state index contributed by atoms with van der Waals surface area (Å²) < 4.78 is 5.28. The zero-order valence-electron chi connectivity index (χ0n) is 12.8. The van der Waals surface area contributed by atoms with Crippen molar-refractivity contribution in [2.75, 3.05) is 6.61 Å². The molecule has 0 atom stereocenters. The molecule has 5 heteroatoms. The highest BCUT2D eigenvalue weighted by atomic mass is 32.1. The maximum absolute atomic E-state index is 12.8. The standard InChI is InChI=1S/C17H18O4S/c1-10(2)12-6-7-22-17(12)16(20)13-5-4-11(3)8-14(13)21-9-15(18)19/h4-8,10H,9H2,1-3H3,(H,18,19). The molecule has 0 bridgehead atoms. The Morgan fingerprint density at radius 3 is 2.64 bits per heavy atom. The van der Waals surface area contributed by atoms with E-state index in [1.54, 1.807) is 12.1 Å². The minimum Gasteiger partial charge on any atom is -0.481 e. The van der Waals surface area contributed by atoms with Crippen LogP contribution in [-0.4, -0.2) is 23.5 Å². The van der Waals surface area contributed by atoms with Crippen LogP contribution < -0.4 is 4.74 Å². The van der Waals surface area contributed by atoms with Gasteiger partial charge in [0, 0.05) is 0 Å². The van der Waals surface area contributed by atoms with Crippen molar-refractivity contribution in [3.63, 3.8) is 0 Å². The molecule has 22 heavy (non-hydrogen) atoms. The molecule has 0 aliphatic carbocycles. The Labute approximate surface area is 133 Å². The van der Waals surface area contributed by atoms with Gasteiger partial charge < -0.3 is 9.84 Å². The summed E-state index contributed by atoms with van der Waals surface area (Å²) in [5.41, 5.74) is 2.31. The SMILES string of the molecule is Cc1ccc(C(=O)c2sccc2C(C)C)c(OCC(=O)O)c1. The molecule has 1 aromatic heterocycles. The highest BCUT2D eigenvalue weighted by molar-refractivity contribution is 7.12. The molecule has 0 saturated heterocycles. The van der Waals surface area contributed by atoms with Gasteiger partial charge in [-0.2, -0.15) is 0 Å². The molecule has 0 aliphatic rings. The molecule has 2 aromatic rings. The van der Waals surface area contributed by atoms with Crippen molar-refractivity contribution in [1.29, 1.82) is 0 Å². The maximum Gasteiger partial charge on any atom is 0.341 e. The number of aliphatic carboxylic acids is 1. The van der Waals surface area contributed by atoms with E-state index in [-0.39, 0.29) is 11.7 Å². The van der Waals surface area contributed by atoms with Gasteiger partial charge in [-0.1, -0.05) is 19.9 Å². The van der Waals surface area contributed by atoms with E-state index in [0.29, 0.717) is 16.2 Å². The molecule has 0 radical (unpaired) electrons. The lowest BCUT2D eigenvalue weighted by molar-refractivity contribution is -0.139. The Kier molecular flexibility index (Phi) is 4.98. The van der Waals surface area contributed by atoms with E-state index in [9.17, 15) is 9.59 Å². The number of rotatable bonds is 6. The van der Waals surface area contributed by atoms with Crippen LogP contribution in [-0.2, 0) is 4.79 Å². The second-order valence-electron chi connectivity index (χ2n) is 5.37. The van der Waals surface area contributed by atoms with Crippen molar-refractivity contribution < 1.29 is 19.4 Å². The molecule has 1 aromatic carbocycles. The van der Waals surface area contributed by atoms with Crippen LogP contribution in [0.4, 0.5) is 0 Å². The van der Waals surface area contributed by atoms with E-state index in [4.69, 9.17) is 9.84 Å². The molecular formula is C17H18O4S. The number of carbonyl (C=O) groups is 2. The van der Waals surface area contributed by atoms with Crippen LogP contribution >= 0.6 is 11.3 Å². The average molecular weight is 318 g/mol. The molecule has 0 saturated carbocycles. The van der Waals surface area contributed by atoms with Gasteiger partial charge >= 0.3 is 5.97 Å². The second-order valence-corrected chi connectivity index (χ2v) is 6.29. The number of carbonyl (C=O) groups excluding carboxylic acids is 1. The number of aryl methyl sites for hydroxylation is 1. The average Bonchev–Trinajstić information content (AvgIpc) is 2.94. The van der Waals surface area contributed by atoms with Crippen LogP contribution in [0.3, 0.4) is 0 Å². The van der Waals surface area contributed by atoms with Gasteiger partial charge in [-0.15, -0.1) is 11.3 Å². The molecule has 0 unspecified atom stereocenters. The van der Waals surface area contributed by atoms with Gasteiger partial charge in [0.1, 0.15) is 5.75 Å². The third-order valence-electron chi connectivity index (χ3n) is 3.26. The second kappa shape index (κ2) is 6.75. The molecule has 0 amide bonds. The van der Waals surface area contributed by atoms with E-state index in [0.717, 1.165) is 11.1 Å². The molecular weight excluding hydrogens is 300 g/mol. The lowest BCUT2D eigenvalue weighted by Crippen LogP contribution is -2.13. The van der Waals surface area contributed by atoms with E-state index in [2.05, 4.69) is 0 Å². The fraction of sp³-hybridized carbons (Fsp3) is 0.294. The topological polar surface area (TPSA) is 63.6 Å². The van der Waals surface area contributed by atoms with Crippen molar-refractivity contribution in [3.8, 4) is 5.75 Å². The Balaban J connectivity index is 2.40. The first-order valence-corrected chi connectivity index (χ1v) is 7.85. The largest absolute Gasteiger partial charge is 0.481 e. The van der Waals surface area contributed by atoms with Gasteiger partial charge in [0.15, 0.2) is 6.61 Å². The molecule has 0 fully saturated rings. The van der Waals surface area contributed by atoms with Gasteiger partial charge in [0.05, 0.1) is 10.4 Å². The number of benzene rings is 1. The predicted octanol–water partition coefficient (Wildman–Crippen LogP) is 3.87. The first kappa shape index (κ1) is 16.2. The van der Waals surface area contributed by atoms with Crippen LogP contribution in [0.2, 0.25) is 0 Å². The predicted molar refractivity (Wildman–Crippen MR) is 86.2 cm³/mol. The van der Waals surface area contributed by atoms with Gasteiger partial charge in [-0.25, -0.2) is 4.79 Å². The van der Waals surface area contributed by atoms with Crippen molar-refractivity contribution in [2.45, 2.75) is 26.7 Å². The van der Waals surface area contributed by atoms with Gasteiger partial charge in [0.2, 0.25) is 5.78 Å². The van der Waals surface area contributed by atoms with Crippen LogP contribution in [0.15, 0.2) is 29.6 Å². The van der Waals surface area contributed by atoms with Crippen LogP contribution in [0, 0.1) is 6.92 Å². The number of hydrogen-bond donors (Lipinski definition) is 1. The third kappa shape index (κ3) is 3.54. The molecule has 0 aliphatic heterocycles. The van der Waals surface area contributed by atoms with Crippen LogP contribution in [0.5, 0.6) is 5.75 Å². The fourth-order valence-corrected chi connectivity index (χ4v) is 3.16. The first-order chi connectivity index (χ1) is 10.4. The summed E-state index contributed by atoms with van der Waals surface area (Å²) in [6, 6.07) is 7.16. The lowest BCUT2D eigenvalue weighted by Gasteiger charge is -2.11. The Morgan fingerprint density at radius 2 is 2.00 bits per heavy atom. The van der Waals surface area contributed by atoms with Gasteiger partial charge in [0.25, 0.3) is 0 Å². The monoisotopic (exact) mass is 318 g/mol. The number of hydrogen-bond acceptors (Lipinski definition) is 4. The minimum absolute atomic E-state index is 0.126. The number of ether oxygens (including phenoxy) is 1. The van der Waals surface area contributed by atoms with E-state index >= 15 is 0 Å². The highest BCUT2D eigenvalue weighted by Crippen LogP contribution is 2.30. The number of carboxylic acids is 1. The quantitative estimate of drug-likeness (QED) is 0.821. The minimum atomic E-state index is -1.07. The fourth-order valence-electron chi connectivity index (χ4n) is 2.16. The number of carboxylic acid groups (broad SMARTS) is 1. The van der Waals surface area contributed by atoms with Gasteiger partial charge in [-0.05, 0) is 47.5 Å². The van der Waals surface area contributed by atoms with Crippen molar-refractivity contribution in [3.05, 3.63) is 51.2 Å². The van der Waals surface area contributed by atoms with E-state index < -0.39 is 12.6 Å². The molecule has 116 valence electrons. The molecule has 1 N–H and O–H groups in total. The van der Waals surface area contributed by atoms with Crippen LogP contribution in [0.1, 0.15) is 46.1 Å². The summed E-state index contributed by atoms with van der Waals surface area (Å²) in [6.07, 6.45) is 0. The normalized spacial score (nSPS) is 10.7. The molecule has 2 rings (SSSR count). The Bertz CT molecular complexity index is 700. The Morgan fingerprint density at radius 1 is 1.27 bits per heavy atom. The van der Waals surface area contributed by atoms with Crippen LogP contribution in [0.25, 0.3) is 0 Å².